The lowest BCUT2D eigenvalue weighted by Gasteiger charge is -2.16. The van der Waals surface area contributed by atoms with Crippen molar-refractivity contribution >= 4 is 39.0 Å². The van der Waals surface area contributed by atoms with Gasteiger partial charge in [-0.2, -0.15) is 13.2 Å². The summed E-state index contributed by atoms with van der Waals surface area (Å²) in [5, 5.41) is 8.85. The monoisotopic (exact) mass is 507 g/mol. The van der Waals surface area contributed by atoms with Crippen LogP contribution < -0.4 is 9.46 Å². The number of ether oxygens (including phenoxy) is 1. The number of anilines is 1. The summed E-state index contributed by atoms with van der Waals surface area (Å²) >= 11 is 11.8. The number of sulfonamides is 1. The summed E-state index contributed by atoms with van der Waals surface area (Å²) in [4.78, 5) is 7.34. The van der Waals surface area contributed by atoms with Crippen LogP contribution in [-0.4, -0.2) is 36.7 Å². The summed E-state index contributed by atoms with van der Waals surface area (Å²) in [7, 11) is -4.45. The number of alkyl halides is 3. The van der Waals surface area contributed by atoms with Crippen molar-refractivity contribution in [3.8, 4) is 17.0 Å². The molecule has 0 unspecified atom stereocenters. The molecule has 0 atom stereocenters. The molecule has 2 aromatic carbocycles. The lowest BCUT2D eigenvalue weighted by atomic mass is 10.1. The van der Waals surface area contributed by atoms with E-state index in [1.807, 2.05) is 0 Å². The van der Waals surface area contributed by atoms with Gasteiger partial charge in [-0.1, -0.05) is 35.3 Å². The van der Waals surface area contributed by atoms with E-state index in [0.717, 1.165) is 12.4 Å². The number of benzene rings is 2. The van der Waals surface area contributed by atoms with E-state index in [2.05, 4.69) is 14.7 Å². The third-order valence-electron chi connectivity index (χ3n) is 4.06. The molecule has 0 aliphatic rings. The summed E-state index contributed by atoms with van der Waals surface area (Å²) < 4.78 is 72.0. The maximum Gasteiger partial charge on any atom is 0.416 e. The Morgan fingerprint density at radius 2 is 1.75 bits per heavy atom. The van der Waals surface area contributed by atoms with Crippen LogP contribution in [0.5, 0.6) is 5.88 Å². The van der Waals surface area contributed by atoms with Crippen molar-refractivity contribution < 1.29 is 31.4 Å². The minimum Gasteiger partial charge on any atom is -0.475 e. The Balaban J connectivity index is 2.07. The van der Waals surface area contributed by atoms with E-state index in [0.29, 0.717) is 22.7 Å². The van der Waals surface area contributed by atoms with Crippen molar-refractivity contribution in [2.24, 2.45) is 0 Å². The molecular weight excluding hydrogens is 494 g/mol. The summed E-state index contributed by atoms with van der Waals surface area (Å²) in [6, 6.07) is 8.10. The topological polar surface area (TPSA) is 101 Å². The van der Waals surface area contributed by atoms with Crippen molar-refractivity contribution in [2.75, 3.05) is 17.9 Å². The van der Waals surface area contributed by atoms with Crippen molar-refractivity contribution in [1.29, 1.82) is 0 Å². The molecule has 0 saturated heterocycles. The van der Waals surface area contributed by atoms with Gasteiger partial charge in [-0.05, 0) is 35.9 Å². The summed E-state index contributed by atoms with van der Waals surface area (Å²) in [6.45, 7) is -0.458. The minimum atomic E-state index is -4.69. The van der Waals surface area contributed by atoms with Gasteiger partial charge in [-0.25, -0.2) is 18.4 Å². The number of nitrogens with zero attached hydrogens (tertiary/aromatic N) is 2. The average molecular weight is 508 g/mol. The normalized spacial score (nSPS) is 11.9. The Morgan fingerprint density at radius 3 is 2.34 bits per heavy atom. The largest absolute Gasteiger partial charge is 0.475 e. The Morgan fingerprint density at radius 1 is 1.06 bits per heavy atom. The first-order valence-corrected chi connectivity index (χ1v) is 11.0. The van der Waals surface area contributed by atoms with Crippen molar-refractivity contribution in [1.82, 2.24) is 9.97 Å². The van der Waals surface area contributed by atoms with E-state index in [9.17, 15) is 21.6 Å². The number of aliphatic hydroxyl groups excluding tert-OH is 1. The average Bonchev–Trinajstić information content (AvgIpc) is 2.72. The van der Waals surface area contributed by atoms with E-state index < -0.39 is 31.7 Å². The Labute approximate surface area is 190 Å². The molecule has 0 amide bonds. The highest BCUT2D eigenvalue weighted by Crippen LogP contribution is 2.37. The molecule has 32 heavy (non-hydrogen) atoms. The van der Waals surface area contributed by atoms with E-state index >= 15 is 0 Å². The zero-order valence-electron chi connectivity index (χ0n) is 15.9. The lowest BCUT2D eigenvalue weighted by molar-refractivity contribution is -0.137. The number of rotatable bonds is 7. The van der Waals surface area contributed by atoms with Crippen LogP contribution in [0.15, 0.2) is 53.7 Å². The Kier molecular flexibility index (Phi) is 7.13. The van der Waals surface area contributed by atoms with E-state index in [1.54, 1.807) is 24.3 Å². The minimum absolute atomic E-state index is 0.0346. The quantitative estimate of drug-likeness (QED) is 0.482. The standard InChI is InChI=1S/C19H14Cl2F3N3O4S/c20-13-4-1-11(2-5-13)16-17(25-10-26-18(16)31-8-7-28)27-32(29,30)15-6-3-12(9-14(15)21)19(22,23)24/h1-6,9-10,28H,7-8H2,(H,25,26,27). The zero-order valence-corrected chi connectivity index (χ0v) is 18.2. The molecule has 0 aliphatic carbocycles. The molecule has 13 heteroatoms. The SMILES string of the molecule is O=S(=O)(Nc1ncnc(OCCO)c1-c1ccc(Cl)cc1)c1ccc(C(F)(F)F)cc1Cl. The molecule has 3 aromatic rings. The van der Waals surface area contributed by atoms with Crippen LogP contribution in [0.25, 0.3) is 11.1 Å². The lowest BCUT2D eigenvalue weighted by Crippen LogP contribution is -2.17. The van der Waals surface area contributed by atoms with Crippen LogP contribution in [0.2, 0.25) is 10.0 Å². The first-order valence-electron chi connectivity index (χ1n) is 8.77. The van der Waals surface area contributed by atoms with Crippen molar-refractivity contribution in [3.05, 3.63) is 64.4 Å². The second-order valence-electron chi connectivity index (χ2n) is 6.23. The van der Waals surface area contributed by atoms with Gasteiger partial charge < -0.3 is 9.84 Å². The van der Waals surface area contributed by atoms with Crippen LogP contribution in [-0.2, 0) is 16.2 Å². The number of halogens is 5. The molecule has 0 saturated carbocycles. The molecule has 170 valence electrons. The van der Waals surface area contributed by atoms with Crippen molar-refractivity contribution in [3.63, 3.8) is 0 Å². The molecule has 3 rings (SSSR count). The number of aliphatic hydroxyl groups is 1. The fourth-order valence-electron chi connectivity index (χ4n) is 2.65. The van der Waals surface area contributed by atoms with Crippen LogP contribution in [0.1, 0.15) is 5.56 Å². The number of hydrogen-bond donors (Lipinski definition) is 2. The van der Waals surface area contributed by atoms with Crippen LogP contribution >= 0.6 is 23.2 Å². The van der Waals surface area contributed by atoms with Gasteiger partial charge in [-0.15, -0.1) is 0 Å². The van der Waals surface area contributed by atoms with Gasteiger partial charge in [0.25, 0.3) is 10.0 Å². The molecule has 2 N–H and O–H groups in total. The van der Waals surface area contributed by atoms with Crippen molar-refractivity contribution in [2.45, 2.75) is 11.1 Å². The first kappa shape index (κ1) is 24.1. The van der Waals surface area contributed by atoms with Crippen LogP contribution in [0.4, 0.5) is 19.0 Å². The second kappa shape index (κ2) is 9.49. The molecule has 0 radical (unpaired) electrons. The molecule has 0 spiro atoms. The summed E-state index contributed by atoms with van der Waals surface area (Å²) in [5.74, 6) is -0.251. The van der Waals surface area contributed by atoms with Crippen LogP contribution in [0.3, 0.4) is 0 Å². The third kappa shape index (κ3) is 5.41. The fourth-order valence-corrected chi connectivity index (χ4v) is 4.35. The molecule has 0 aliphatic heterocycles. The molecular formula is C19H14Cl2F3N3O4S. The van der Waals surface area contributed by atoms with E-state index in [-0.39, 0.29) is 30.5 Å². The van der Waals surface area contributed by atoms with Gasteiger partial charge in [0.05, 0.1) is 22.8 Å². The van der Waals surface area contributed by atoms with Gasteiger partial charge in [0.2, 0.25) is 5.88 Å². The third-order valence-corrected chi connectivity index (χ3v) is 6.13. The molecule has 1 aromatic heterocycles. The summed E-state index contributed by atoms with van der Waals surface area (Å²) in [5.41, 5.74) is -0.534. The van der Waals surface area contributed by atoms with Crippen LogP contribution in [0, 0.1) is 0 Å². The number of nitrogens with one attached hydrogen (secondary N) is 1. The molecule has 0 bridgehead atoms. The fraction of sp³-hybridized carbons (Fsp3) is 0.158. The summed E-state index contributed by atoms with van der Waals surface area (Å²) in [6.07, 6.45) is -3.66. The molecule has 1 heterocycles. The highest BCUT2D eigenvalue weighted by molar-refractivity contribution is 7.92. The number of aromatic nitrogens is 2. The highest BCUT2D eigenvalue weighted by Gasteiger charge is 2.32. The van der Waals surface area contributed by atoms with Gasteiger partial charge in [0, 0.05) is 5.02 Å². The van der Waals surface area contributed by atoms with Gasteiger partial charge in [-0.3, -0.25) is 4.72 Å². The van der Waals surface area contributed by atoms with Gasteiger partial charge in [0.15, 0.2) is 5.82 Å². The Hall–Kier alpha value is -2.60. The predicted octanol–water partition coefficient (Wildman–Crippen LogP) is 4.64. The maximum absolute atomic E-state index is 12.9. The van der Waals surface area contributed by atoms with E-state index in [1.165, 1.54) is 0 Å². The van der Waals surface area contributed by atoms with Gasteiger partial charge >= 0.3 is 6.18 Å². The predicted molar refractivity (Wildman–Crippen MR) is 112 cm³/mol. The number of hydrogen-bond acceptors (Lipinski definition) is 6. The second-order valence-corrected chi connectivity index (χ2v) is 8.72. The smallest absolute Gasteiger partial charge is 0.416 e. The van der Waals surface area contributed by atoms with E-state index in [4.69, 9.17) is 33.0 Å². The zero-order chi connectivity index (χ0) is 23.5. The Bertz CT molecular complexity index is 1220. The highest BCUT2D eigenvalue weighted by atomic mass is 35.5. The maximum atomic E-state index is 12.9. The first-order chi connectivity index (χ1) is 15.0. The van der Waals surface area contributed by atoms with Gasteiger partial charge in [0.1, 0.15) is 17.8 Å². The molecule has 7 nitrogen and oxygen atoms in total. The molecule has 0 fully saturated rings.